The molecule has 0 saturated carbocycles. The third-order valence-electron chi connectivity index (χ3n) is 7.64. The Morgan fingerprint density at radius 1 is 1.20 bits per heavy atom. The quantitative estimate of drug-likeness (QED) is 0.256. The number of phenolic OH excluding ortho intramolecular Hbond substituents is 1. The van der Waals surface area contributed by atoms with E-state index in [-0.39, 0.29) is 71.0 Å². The van der Waals surface area contributed by atoms with Gasteiger partial charge in [0, 0.05) is 43.3 Å². The maximum atomic E-state index is 15.2. The molecule has 5 rings (SSSR count). The van der Waals surface area contributed by atoms with E-state index in [1.165, 1.54) is 28.8 Å². The van der Waals surface area contributed by atoms with Crippen LogP contribution < -0.4 is 10.5 Å². The van der Waals surface area contributed by atoms with E-state index in [0.717, 1.165) is 0 Å². The minimum atomic E-state index is -0.759. The number of carbonyl (C=O) groups excluding carboxylic acids is 1. The van der Waals surface area contributed by atoms with Crippen molar-refractivity contribution in [2.75, 3.05) is 31.1 Å². The first-order valence-corrected chi connectivity index (χ1v) is 15.2. The second-order valence-electron chi connectivity index (χ2n) is 12.2. The van der Waals surface area contributed by atoms with Crippen molar-refractivity contribution in [3.8, 4) is 28.8 Å². The number of anilines is 1. The highest BCUT2D eigenvalue weighted by molar-refractivity contribution is 6.34. The summed E-state index contributed by atoms with van der Waals surface area (Å²) >= 11 is 6.77. The van der Waals surface area contributed by atoms with Gasteiger partial charge in [-0.1, -0.05) is 44.2 Å². The van der Waals surface area contributed by atoms with Gasteiger partial charge in [-0.05, 0) is 51.0 Å². The lowest BCUT2D eigenvalue weighted by Gasteiger charge is -2.37. The maximum absolute atomic E-state index is 15.2. The third kappa shape index (κ3) is 5.88. The summed E-state index contributed by atoms with van der Waals surface area (Å²) in [6.07, 6.45) is 2.73. The van der Waals surface area contributed by atoms with Gasteiger partial charge in [-0.25, -0.2) is 14.2 Å². The molecule has 0 atom stereocenters. The van der Waals surface area contributed by atoms with Gasteiger partial charge in [0.05, 0.1) is 33.3 Å². The average Bonchev–Trinajstić information content (AvgIpc) is 3.00. The summed E-state index contributed by atoms with van der Waals surface area (Å²) in [5, 5.41) is 21.4. The minimum Gasteiger partial charge on any atom is -0.507 e. The fourth-order valence-electron chi connectivity index (χ4n) is 5.58. The average molecular weight is 645 g/mol. The summed E-state index contributed by atoms with van der Waals surface area (Å²) in [4.78, 5) is 39.9. The van der Waals surface area contributed by atoms with Crippen LogP contribution in [0.15, 0.2) is 47.9 Å². The lowest BCUT2D eigenvalue weighted by atomic mass is 10.0. The van der Waals surface area contributed by atoms with Crippen molar-refractivity contribution in [3.63, 3.8) is 0 Å². The first kappa shape index (κ1) is 32.4. The number of rotatable bonds is 5. The second kappa shape index (κ2) is 12.4. The molecule has 0 radical (unpaired) electrons. The van der Waals surface area contributed by atoms with Gasteiger partial charge in [0.2, 0.25) is 0 Å². The first-order valence-electron chi connectivity index (χ1n) is 14.8. The summed E-state index contributed by atoms with van der Waals surface area (Å²) in [6, 6.07) is 9.17. The number of halogens is 2. The number of benzene rings is 1. The number of carbonyl (C=O) groups is 1. The summed E-state index contributed by atoms with van der Waals surface area (Å²) in [7, 11) is 0. The Morgan fingerprint density at radius 3 is 2.48 bits per heavy atom. The van der Waals surface area contributed by atoms with Gasteiger partial charge in [-0.15, -0.1) is 0 Å². The van der Waals surface area contributed by atoms with E-state index in [2.05, 4.69) is 17.6 Å². The van der Waals surface area contributed by atoms with E-state index in [1.807, 2.05) is 18.7 Å². The molecule has 0 aliphatic carbocycles. The van der Waals surface area contributed by atoms with Crippen LogP contribution in [0.25, 0.3) is 34.1 Å². The fourth-order valence-corrected chi connectivity index (χ4v) is 5.83. The molecule has 46 heavy (non-hydrogen) atoms. The van der Waals surface area contributed by atoms with Crippen LogP contribution in [0, 0.1) is 17.1 Å². The Kier molecular flexibility index (Phi) is 8.78. The molecular weight excluding hydrogens is 611 g/mol. The Balaban J connectivity index is 1.82. The Hall–Kier alpha value is -4.95. The largest absolute Gasteiger partial charge is 0.507 e. The van der Waals surface area contributed by atoms with Gasteiger partial charge in [0.15, 0.2) is 0 Å². The van der Waals surface area contributed by atoms with Crippen LogP contribution >= 0.6 is 11.6 Å². The molecule has 10 nitrogen and oxygen atoms in total. The van der Waals surface area contributed by atoms with Crippen LogP contribution in [0.3, 0.4) is 0 Å². The predicted molar refractivity (Wildman–Crippen MR) is 176 cm³/mol. The summed E-state index contributed by atoms with van der Waals surface area (Å²) < 4.78 is 22.0. The molecule has 238 valence electrons. The number of aromatic nitrogens is 3. The van der Waals surface area contributed by atoms with Crippen LogP contribution in [-0.4, -0.2) is 62.4 Å². The van der Waals surface area contributed by atoms with E-state index in [9.17, 15) is 20.0 Å². The van der Waals surface area contributed by atoms with Crippen LogP contribution in [-0.2, 0) is 4.74 Å². The molecule has 1 N–H and O–H groups in total. The van der Waals surface area contributed by atoms with E-state index >= 15 is 4.39 Å². The predicted octanol–water partition coefficient (Wildman–Crippen LogP) is 6.64. The SMILES string of the molecule is C=Cc1ccnc(C(C)C)c1-n1c(=O)c(C#N)c(N2CCN(C(=O)OC(C)(C)C)CC2)c2cc(Cl)c(-c3c(O)cccc3F)nc21. The fraction of sp³-hybridized carbons (Fsp3) is 0.324. The molecular formula is C34H34ClFN6O4. The topological polar surface area (TPSA) is 125 Å². The van der Waals surface area contributed by atoms with Gasteiger partial charge in [-0.2, -0.15) is 5.26 Å². The molecule has 1 fully saturated rings. The van der Waals surface area contributed by atoms with Crippen molar-refractivity contribution < 1.29 is 19.0 Å². The molecule has 1 aliphatic rings. The number of nitrogens with zero attached hydrogens (tertiary/aromatic N) is 6. The number of aromatic hydroxyl groups is 1. The van der Waals surface area contributed by atoms with E-state index in [0.29, 0.717) is 22.3 Å². The van der Waals surface area contributed by atoms with Crippen molar-refractivity contribution in [2.45, 2.75) is 46.1 Å². The van der Waals surface area contributed by atoms with Gasteiger partial charge >= 0.3 is 6.09 Å². The van der Waals surface area contributed by atoms with Gasteiger partial charge in [-0.3, -0.25) is 14.3 Å². The molecule has 1 aromatic carbocycles. The van der Waals surface area contributed by atoms with E-state index in [4.69, 9.17) is 21.3 Å². The molecule has 0 spiro atoms. The van der Waals surface area contributed by atoms with Crippen molar-refractivity contribution in [2.24, 2.45) is 0 Å². The summed E-state index contributed by atoms with van der Waals surface area (Å²) in [5.74, 6) is -1.29. The van der Waals surface area contributed by atoms with Crippen LogP contribution in [0.4, 0.5) is 14.9 Å². The number of amides is 1. The zero-order valence-corrected chi connectivity index (χ0v) is 27.0. The number of ether oxygens (including phenoxy) is 1. The zero-order chi connectivity index (χ0) is 33.5. The molecule has 1 aliphatic heterocycles. The van der Waals surface area contributed by atoms with Gasteiger partial charge in [0.1, 0.15) is 34.4 Å². The van der Waals surface area contributed by atoms with Gasteiger partial charge < -0.3 is 19.6 Å². The summed E-state index contributed by atoms with van der Waals surface area (Å²) in [6.45, 7) is 14.2. The molecule has 0 bridgehead atoms. The smallest absolute Gasteiger partial charge is 0.410 e. The molecule has 4 heterocycles. The second-order valence-corrected chi connectivity index (χ2v) is 12.7. The maximum Gasteiger partial charge on any atom is 0.410 e. The van der Waals surface area contributed by atoms with Crippen molar-refractivity contribution in [1.29, 1.82) is 5.26 Å². The molecule has 0 unspecified atom stereocenters. The van der Waals surface area contributed by atoms with E-state index in [1.54, 1.807) is 44.0 Å². The molecule has 1 saturated heterocycles. The van der Waals surface area contributed by atoms with Crippen molar-refractivity contribution in [1.82, 2.24) is 19.4 Å². The Labute approximate surface area is 270 Å². The van der Waals surface area contributed by atoms with Crippen LogP contribution in [0.1, 0.15) is 57.4 Å². The number of pyridine rings is 3. The monoisotopic (exact) mass is 644 g/mol. The lowest BCUT2D eigenvalue weighted by Crippen LogP contribution is -2.50. The normalized spacial score (nSPS) is 13.6. The van der Waals surface area contributed by atoms with Crippen LogP contribution in [0.5, 0.6) is 5.75 Å². The van der Waals surface area contributed by atoms with Gasteiger partial charge in [0.25, 0.3) is 5.56 Å². The molecule has 12 heteroatoms. The lowest BCUT2D eigenvalue weighted by molar-refractivity contribution is 0.0240. The molecule has 4 aromatic rings. The highest BCUT2D eigenvalue weighted by Gasteiger charge is 2.31. The van der Waals surface area contributed by atoms with E-state index < -0.39 is 23.1 Å². The number of phenols is 1. The third-order valence-corrected chi connectivity index (χ3v) is 7.93. The number of fused-ring (bicyclic) bond motifs is 1. The number of hydrogen-bond acceptors (Lipinski definition) is 8. The summed E-state index contributed by atoms with van der Waals surface area (Å²) in [5.41, 5.74) is 0.0440. The standard InChI is InChI=1S/C34H34ClFN6O4/c1-7-20-11-12-38-27(19(2)3)29(20)42-31-21(17-23(35)28(39-31)26-24(36)9-8-10-25(26)43)30(22(18-37)32(42)44)40-13-15-41(16-14-40)33(45)46-34(4,5)6/h7-12,17,19,43H,1,13-16H2,2-6H3. The minimum absolute atomic E-state index is 0.00477. The Morgan fingerprint density at radius 2 is 1.89 bits per heavy atom. The zero-order valence-electron chi connectivity index (χ0n) is 26.3. The Bertz CT molecular complexity index is 1950. The van der Waals surface area contributed by atoms with Crippen molar-refractivity contribution >= 4 is 40.5 Å². The number of hydrogen-bond donors (Lipinski definition) is 1. The number of nitriles is 1. The first-order chi connectivity index (χ1) is 21.8. The van der Waals surface area contributed by atoms with Crippen molar-refractivity contribution in [3.05, 3.63) is 81.1 Å². The highest BCUT2D eigenvalue weighted by Crippen LogP contribution is 2.40. The molecule has 3 aromatic heterocycles. The van der Waals surface area contributed by atoms with Crippen LogP contribution in [0.2, 0.25) is 5.02 Å². The number of piperazine rings is 1. The highest BCUT2D eigenvalue weighted by atomic mass is 35.5. The molecule has 1 amide bonds.